The van der Waals surface area contributed by atoms with Crippen LogP contribution in [-0.4, -0.2) is 20.1 Å². The Balaban J connectivity index is 0.000000227. The SMILES string of the molecule is CC(C)(C)CC1CCC1.CC(C)(C)CC1CCCCC1.CC(C)(C)Cc1c(F)cccc1F.CC(C)(C)Cc1noc(-c2ccncc2)n1.Cc1ccccc1-c1nc(CC(C)(C)C)c(C)o1. The Hall–Kier alpha value is -4.20. The number of aryl methyl sites for hydroxylation is 2. The third kappa shape index (κ3) is 23.6. The minimum absolute atomic E-state index is 0.0942. The molecule has 8 heteroatoms. The van der Waals surface area contributed by atoms with E-state index in [4.69, 9.17) is 8.94 Å². The molecular weight excluding hydrogens is 835 g/mol. The summed E-state index contributed by atoms with van der Waals surface area (Å²) in [5.41, 5.74) is 5.88. The van der Waals surface area contributed by atoms with Crippen molar-refractivity contribution in [2.75, 3.05) is 0 Å². The molecule has 5 aromatic rings. The number of nitrogens with zero attached hydrogens (tertiary/aromatic N) is 4. The molecule has 2 aliphatic carbocycles. The first kappa shape index (κ1) is 57.1. The highest BCUT2D eigenvalue weighted by Crippen LogP contribution is 2.37. The molecule has 0 aliphatic heterocycles. The first-order valence-electron chi connectivity index (χ1n) is 25.2. The molecule has 0 atom stereocenters. The molecule has 0 spiro atoms. The molecule has 0 amide bonds. The van der Waals surface area contributed by atoms with E-state index in [0.717, 1.165) is 59.0 Å². The van der Waals surface area contributed by atoms with Crippen molar-refractivity contribution in [3.8, 4) is 22.9 Å². The van der Waals surface area contributed by atoms with E-state index in [0.29, 0.717) is 23.1 Å². The second-order valence-corrected chi connectivity index (χ2v) is 25.3. The summed E-state index contributed by atoms with van der Waals surface area (Å²) in [5, 5.41) is 3.97. The Kier molecular flexibility index (Phi) is 21.7. The smallest absolute Gasteiger partial charge is 0.258 e. The van der Waals surface area contributed by atoms with Gasteiger partial charge in [-0.1, -0.05) is 185 Å². The van der Waals surface area contributed by atoms with E-state index in [1.54, 1.807) is 12.4 Å². The lowest BCUT2D eigenvalue weighted by molar-refractivity contribution is 0.207. The van der Waals surface area contributed by atoms with Crippen LogP contribution in [0.2, 0.25) is 0 Å². The van der Waals surface area contributed by atoms with Gasteiger partial charge in [-0.2, -0.15) is 4.98 Å². The van der Waals surface area contributed by atoms with Gasteiger partial charge in [-0.3, -0.25) is 4.98 Å². The summed E-state index contributed by atoms with van der Waals surface area (Å²) in [5.74, 6) is 4.20. The van der Waals surface area contributed by atoms with Crippen molar-refractivity contribution >= 4 is 0 Å². The summed E-state index contributed by atoms with van der Waals surface area (Å²) >= 11 is 0. The maximum Gasteiger partial charge on any atom is 0.258 e. The molecule has 0 radical (unpaired) electrons. The fourth-order valence-corrected chi connectivity index (χ4v) is 8.49. The molecule has 0 N–H and O–H groups in total. The summed E-state index contributed by atoms with van der Waals surface area (Å²) in [6, 6.07) is 15.9. The van der Waals surface area contributed by atoms with Gasteiger partial charge < -0.3 is 8.94 Å². The number of rotatable bonds is 7. The molecule has 0 saturated heterocycles. The van der Waals surface area contributed by atoms with Crippen molar-refractivity contribution in [1.82, 2.24) is 20.1 Å². The van der Waals surface area contributed by atoms with Crippen molar-refractivity contribution in [3.05, 3.63) is 107 Å². The zero-order valence-corrected chi connectivity index (χ0v) is 45.1. The van der Waals surface area contributed by atoms with E-state index in [1.165, 1.54) is 88.0 Å². The van der Waals surface area contributed by atoms with E-state index in [2.05, 4.69) is 122 Å². The van der Waals surface area contributed by atoms with Gasteiger partial charge in [0.1, 0.15) is 17.4 Å². The third-order valence-corrected chi connectivity index (χ3v) is 11.6. The molecule has 2 fully saturated rings. The maximum atomic E-state index is 13.1. The Morgan fingerprint density at radius 2 is 1.04 bits per heavy atom. The fraction of sp³-hybridized carbons (Fsp3) is 0.627. The van der Waals surface area contributed by atoms with Gasteiger partial charge in [-0.25, -0.2) is 13.8 Å². The van der Waals surface area contributed by atoms with Crippen LogP contribution < -0.4 is 0 Å². The van der Waals surface area contributed by atoms with Gasteiger partial charge in [0.2, 0.25) is 5.89 Å². The van der Waals surface area contributed by atoms with Gasteiger partial charge in [-0.05, 0) is 114 Å². The summed E-state index contributed by atoms with van der Waals surface area (Å²) < 4.78 is 37.3. The normalized spacial score (nSPS) is 14.8. The highest BCUT2D eigenvalue weighted by molar-refractivity contribution is 5.58. The Morgan fingerprint density at radius 3 is 1.51 bits per heavy atom. The quantitative estimate of drug-likeness (QED) is 0.162. The van der Waals surface area contributed by atoms with Crippen LogP contribution >= 0.6 is 0 Å². The average Bonchev–Trinajstić information content (AvgIpc) is 3.79. The standard InChI is InChI=1S/C16H21NO.C12H15N3O.C11H14F2.C11H22.C9H18/c1-11-8-6-7-9-13(11)15-17-14(12(2)18-15)10-16(3,4)5;1-12(2,3)8-10-14-11(16-15-10)9-4-6-13-7-5-9;1-11(2,3)7-8-9(12)5-4-6-10(8)13;1-11(2,3)9-10-7-5-4-6-8-10;1-9(2,3)7-8-5-4-6-8/h6-9H,10H2,1-5H3;4-7H,8H2,1-3H3;4-6H,7H2,1-3H3;10H,4-9H2,1-3H3;8H,4-7H2,1-3H3. The lowest BCUT2D eigenvalue weighted by Gasteiger charge is -2.31. The van der Waals surface area contributed by atoms with E-state index in [-0.39, 0.29) is 21.8 Å². The second kappa shape index (κ2) is 25.4. The van der Waals surface area contributed by atoms with Crippen LogP contribution in [0.4, 0.5) is 8.78 Å². The van der Waals surface area contributed by atoms with Crippen molar-refractivity contribution in [3.63, 3.8) is 0 Å². The van der Waals surface area contributed by atoms with E-state index in [9.17, 15) is 8.78 Å². The number of halogens is 2. The van der Waals surface area contributed by atoms with Crippen LogP contribution in [0.15, 0.2) is 75.9 Å². The van der Waals surface area contributed by atoms with Crippen LogP contribution in [0.3, 0.4) is 0 Å². The Labute approximate surface area is 406 Å². The van der Waals surface area contributed by atoms with Gasteiger partial charge in [0.05, 0.1) is 5.69 Å². The van der Waals surface area contributed by atoms with Crippen LogP contribution in [0.25, 0.3) is 22.9 Å². The lowest BCUT2D eigenvalue weighted by atomic mass is 9.74. The molecule has 2 aromatic carbocycles. The van der Waals surface area contributed by atoms with Crippen LogP contribution in [-0.2, 0) is 19.3 Å². The van der Waals surface area contributed by atoms with Gasteiger partial charge >= 0.3 is 0 Å². The molecule has 3 heterocycles. The molecular formula is C59H90F2N4O2. The Morgan fingerprint density at radius 1 is 0.537 bits per heavy atom. The molecule has 0 unspecified atom stereocenters. The summed E-state index contributed by atoms with van der Waals surface area (Å²) in [4.78, 5) is 13.0. The number of benzene rings is 2. The van der Waals surface area contributed by atoms with Gasteiger partial charge in [0.25, 0.3) is 5.89 Å². The summed E-state index contributed by atoms with van der Waals surface area (Å²) in [6.07, 6.45) is 20.4. The second-order valence-electron chi connectivity index (χ2n) is 25.3. The molecule has 372 valence electrons. The minimum atomic E-state index is -0.449. The number of aromatic nitrogens is 4. The first-order valence-corrected chi connectivity index (χ1v) is 25.2. The zero-order chi connectivity index (χ0) is 50.2. The van der Waals surface area contributed by atoms with E-state index in [1.807, 2.05) is 52.0 Å². The Bertz CT molecular complexity index is 2140. The van der Waals surface area contributed by atoms with Gasteiger partial charge in [-0.15, -0.1) is 0 Å². The van der Waals surface area contributed by atoms with Crippen LogP contribution in [0, 0.1) is 64.4 Å². The highest BCUT2D eigenvalue weighted by Gasteiger charge is 2.24. The number of hydrogen-bond acceptors (Lipinski definition) is 6. The average molecular weight is 925 g/mol. The molecule has 7 rings (SSSR count). The number of oxazole rings is 1. The van der Waals surface area contributed by atoms with Gasteiger partial charge in [0.15, 0.2) is 5.82 Å². The largest absolute Gasteiger partial charge is 0.441 e. The van der Waals surface area contributed by atoms with E-state index >= 15 is 0 Å². The van der Waals surface area contributed by atoms with Crippen molar-refractivity contribution in [1.29, 1.82) is 0 Å². The van der Waals surface area contributed by atoms with Crippen LogP contribution in [0.1, 0.15) is 196 Å². The lowest BCUT2D eigenvalue weighted by Crippen LogP contribution is -2.18. The predicted molar refractivity (Wildman–Crippen MR) is 277 cm³/mol. The van der Waals surface area contributed by atoms with Crippen molar-refractivity contribution in [2.45, 2.75) is 201 Å². The maximum absolute atomic E-state index is 13.1. The van der Waals surface area contributed by atoms with Crippen molar-refractivity contribution < 1.29 is 17.7 Å². The zero-order valence-electron chi connectivity index (χ0n) is 45.1. The number of hydrogen-bond donors (Lipinski definition) is 0. The predicted octanol–water partition coefficient (Wildman–Crippen LogP) is 18.0. The minimum Gasteiger partial charge on any atom is -0.441 e. The first-order chi connectivity index (χ1) is 31.0. The van der Waals surface area contributed by atoms with Crippen LogP contribution in [0.5, 0.6) is 0 Å². The van der Waals surface area contributed by atoms with Crippen molar-refractivity contribution in [2.24, 2.45) is 38.9 Å². The molecule has 6 nitrogen and oxygen atoms in total. The molecule has 2 aliphatic rings. The molecule has 3 aromatic heterocycles. The molecule has 0 bridgehead atoms. The fourth-order valence-electron chi connectivity index (χ4n) is 8.49. The molecule has 67 heavy (non-hydrogen) atoms. The van der Waals surface area contributed by atoms with Gasteiger partial charge in [0, 0.05) is 35.5 Å². The highest BCUT2D eigenvalue weighted by atomic mass is 19.1. The molecule has 2 saturated carbocycles. The topological polar surface area (TPSA) is 77.8 Å². The van der Waals surface area contributed by atoms with E-state index < -0.39 is 11.6 Å². The monoisotopic (exact) mass is 925 g/mol. The summed E-state index contributed by atoms with van der Waals surface area (Å²) in [6.45, 7) is 37.1. The number of pyridine rings is 1. The third-order valence-electron chi connectivity index (χ3n) is 11.6. The summed E-state index contributed by atoms with van der Waals surface area (Å²) in [7, 11) is 0.